The van der Waals surface area contributed by atoms with E-state index >= 15 is 0 Å². The Hall–Kier alpha value is -2.17. The maximum atomic E-state index is 11.5. The van der Waals surface area contributed by atoms with E-state index in [-0.39, 0.29) is 0 Å². The molecule has 5 nitrogen and oxygen atoms in total. The van der Waals surface area contributed by atoms with Gasteiger partial charge in [-0.2, -0.15) is 5.10 Å². The van der Waals surface area contributed by atoms with Crippen LogP contribution in [-0.4, -0.2) is 34.4 Å². The van der Waals surface area contributed by atoms with Gasteiger partial charge in [0.05, 0.1) is 11.6 Å². The Bertz CT molecular complexity index is 653. The SMILES string of the molecule is CC1(C(=O)O)CCCN(c2nncc3ccccc23)C1. The second-order valence-corrected chi connectivity index (χ2v) is 5.65. The molecule has 5 heteroatoms. The van der Waals surface area contributed by atoms with E-state index in [4.69, 9.17) is 0 Å². The monoisotopic (exact) mass is 271 g/mol. The zero-order chi connectivity index (χ0) is 14.2. The van der Waals surface area contributed by atoms with Crippen LogP contribution in [0, 0.1) is 5.41 Å². The third kappa shape index (κ3) is 2.09. The maximum absolute atomic E-state index is 11.5. The van der Waals surface area contributed by atoms with Crippen molar-refractivity contribution in [3.8, 4) is 0 Å². The first-order valence-corrected chi connectivity index (χ1v) is 6.79. The number of carbonyl (C=O) groups is 1. The number of carboxylic acid groups (broad SMARTS) is 1. The third-order valence-electron chi connectivity index (χ3n) is 4.06. The molecule has 1 aromatic carbocycles. The summed E-state index contributed by atoms with van der Waals surface area (Å²) in [5.41, 5.74) is -0.711. The first-order chi connectivity index (χ1) is 9.60. The van der Waals surface area contributed by atoms with E-state index in [1.165, 1.54) is 0 Å². The van der Waals surface area contributed by atoms with Crippen LogP contribution >= 0.6 is 0 Å². The Labute approximate surface area is 117 Å². The molecule has 2 aromatic rings. The molecule has 1 aliphatic rings. The molecule has 1 aromatic heterocycles. The molecule has 1 fully saturated rings. The lowest BCUT2D eigenvalue weighted by Gasteiger charge is -2.38. The normalized spacial score (nSPS) is 22.9. The van der Waals surface area contributed by atoms with Gasteiger partial charge in [-0.25, -0.2) is 0 Å². The van der Waals surface area contributed by atoms with E-state index in [1.807, 2.05) is 29.2 Å². The van der Waals surface area contributed by atoms with Crippen molar-refractivity contribution in [3.05, 3.63) is 30.5 Å². The third-order valence-corrected chi connectivity index (χ3v) is 4.06. The van der Waals surface area contributed by atoms with Crippen molar-refractivity contribution in [1.29, 1.82) is 0 Å². The summed E-state index contributed by atoms with van der Waals surface area (Å²) >= 11 is 0. The summed E-state index contributed by atoms with van der Waals surface area (Å²) in [5, 5.41) is 19.7. The van der Waals surface area contributed by atoms with Gasteiger partial charge in [-0.1, -0.05) is 24.3 Å². The van der Waals surface area contributed by atoms with Gasteiger partial charge >= 0.3 is 5.97 Å². The lowest BCUT2D eigenvalue weighted by Crippen LogP contribution is -2.46. The summed E-state index contributed by atoms with van der Waals surface area (Å²) in [7, 11) is 0. The molecule has 20 heavy (non-hydrogen) atoms. The number of hydrogen-bond donors (Lipinski definition) is 1. The van der Waals surface area contributed by atoms with Crippen LogP contribution in [0.25, 0.3) is 10.8 Å². The van der Waals surface area contributed by atoms with Crippen LogP contribution in [0.1, 0.15) is 19.8 Å². The number of benzene rings is 1. The smallest absolute Gasteiger partial charge is 0.311 e. The van der Waals surface area contributed by atoms with E-state index in [1.54, 1.807) is 13.1 Å². The summed E-state index contributed by atoms with van der Waals surface area (Å²) in [6.07, 6.45) is 3.30. The molecule has 1 atom stereocenters. The molecule has 0 aliphatic carbocycles. The van der Waals surface area contributed by atoms with Crippen molar-refractivity contribution >= 4 is 22.6 Å². The molecule has 1 saturated heterocycles. The Kier molecular flexibility index (Phi) is 3.04. The van der Waals surface area contributed by atoms with E-state index in [2.05, 4.69) is 10.2 Å². The van der Waals surface area contributed by atoms with Crippen LogP contribution in [-0.2, 0) is 4.79 Å². The van der Waals surface area contributed by atoms with E-state index in [0.29, 0.717) is 13.0 Å². The minimum atomic E-state index is -0.740. The van der Waals surface area contributed by atoms with Gasteiger partial charge in [-0.15, -0.1) is 5.10 Å². The Balaban J connectivity index is 2.01. The Morgan fingerprint density at radius 1 is 1.40 bits per heavy atom. The first-order valence-electron chi connectivity index (χ1n) is 6.79. The quantitative estimate of drug-likeness (QED) is 0.908. The van der Waals surface area contributed by atoms with Crippen molar-refractivity contribution in [2.24, 2.45) is 5.41 Å². The lowest BCUT2D eigenvalue weighted by molar-refractivity contribution is -0.148. The minimum absolute atomic E-state index is 0.477. The standard InChI is InChI=1S/C15H17N3O2/c1-15(14(19)20)7-4-8-18(10-15)13-12-6-3-2-5-11(12)9-16-17-13/h2-3,5-6,9H,4,7-8,10H2,1H3,(H,19,20). The van der Waals surface area contributed by atoms with Gasteiger partial charge in [-0.05, 0) is 19.8 Å². The topological polar surface area (TPSA) is 66.3 Å². The summed E-state index contributed by atoms with van der Waals surface area (Å²) in [6, 6.07) is 7.93. The van der Waals surface area contributed by atoms with Crippen molar-refractivity contribution in [2.75, 3.05) is 18.0 Å². The average molecular weight is 271 g/mol. The fourth-order valence-electron chi connectivity index (χ4n) is 2.84. The number of piperidine rings is 1. The van der Waals surface area contributed by atoms with Gasteiger partial charge in [-0.3, -0.25) is 4.79 Å². The van der Waals surface area contributed by atoms with Gasteiger partial charge < -0.3 is 10.0 Å². The van der Waals surface area contributed by atoms with Crippen LogP contribution < -0.4 is 4.90 Å². The highest BCUT2D eigenvalue weighted by molar-refractivity contribution is 5.91. The van der Waals surface area contributed by atoms with Crippen LogP contribution in [0.15, 0.2) is 30.5 Å². The summed E-state index contributed by atoms with van der Waals surface area (Å²) in [4.78, 5) is 13.5. The fourth-order valence-corrected chi connectivity index (χ4v) is 2.84. The van der Waals surface area contributed by atoms with Gasteiger partial charge in [0.25, 0.3) is 0 Å². The average Bonchev–Trinajstić information content (AvgIpc) is 2.46. The molecular weight excluding hydrogens is 254 g/mol. The molecule has 1 N–H and O–H groups in total. The van der Waals surface area contributed by atoms with Crippen LogP contribution in [0.4, 0.5) is 5.82 Å². The minimum Gasteiger partial charge on any atom is -0.481 e. The zero-order valence-electron chi connectivity index (χ0n) is 11.4. The molecule has 1 aliphatic heterocycles. The Morgan fingerprint density at radius 2 is 2.20 bits per heavy atom. The number of hydrogen-bond acceptors (Lipinski definition) is 4. The molecule has 0 amide bonds. The van der Waals surface area contributed by atoms with Crippen LogP contribution in [0.5, 0.6) is 0 Å². The molecule has 0 spiro atoms. The highest BCUT2D eigenvalue weighted by Crippen LogP contribution is 2.34. The maximum Gasteiger partial charge on any atom is 0.311 e. The molecule has 104 valence electrons. The second kappa shape index (κ2) is 4.74. The summed E-state index contributed by atoms with van der Waals surface area (Å²) < 4.78 is 0. The van der Waals surface area contributed by atoms with Crippen molar-refractivity contribution in [3.63, 3.8) is 0 Å². The number of nitrogens with zero attached hydrogens (tertiary/aromatic N) is 3. The number of rotatable bonds is 2. The van der Waals surface area contributed by atoms with E-state index in [9.17, 15) is 9.90 Å². The van der Waals surface area contributed by atoms with Crippen molar-refractivity contribution < 1.29 is 9.90 Å². The van der Waals surface area contributed by atoms with Gasteiger partial charge in [0.2, 0.25) is 0 Å². The number of aromatic nitrogens is 2. The van der Waals surface area contributed by atoms with Gasteiger partial charge in [0, 0.05) is 23.9 Å². The van der Waals surface area contributed by atoms with E-state index in [0.717, 1.165) is 29.6 Å². The number of carboxylic acids is 1. The number of aliphatic carboxylic acids is 1. The lowest BCUT2D eigenvalue weighted by atomic mass is 9.82. The highest BCUT2D eigenvalue weighted by atomic mass is 16.4. The van der Waals surface area contributed by atoms with Gasteiger partial charge in [0.15, 0.2) is 5.82 Å². The second-order valence-electron chi connectivity index (χ2n) is 5.65. The number of anilines is 1. The summed E-state index contributed by atoms with van der Waals surface area (Å²) in [5.74, 6) is 0.0469. The van der Waals surface area contributed by atoms with Crippen LogP contribution in [0.2, 0.25) is 0 Å². The zero-order valence-corrected chi connectivity index (χ0v) is 11.4. The molecule has 0 bridgehead atoms. The number of fused-ring (bicyclic) bond motifs is 1. The van der Waals surface area contributed by atoms with Crippen molar-refractivity contribution in [2.45, 2.75) is 19.8 Å². The molecule has 1 unspecified atom stereocenters. The van der Waals surface area contributed by atoms with E-state index < -0.39 is 11.4 Å². The van der Waals surface area contributed by atoms with Crippen LogP contribution in [0.3, 0.4) is 0 Å². The predicted octanol–water partition coefficient (Wildman–Crippen LogP) is 2.32. The Morgan fingerprint density at radius 3 is 3.00 bits per heavy atom. The molecule has 2 heterocycles. The highest BCUT2D eigenvalue weighted by Gasteiger charge is 2.38. The van der Waals surface area contributed by atoms with Crippen molar-refractivity contribution in [1.82, 2.24) is 10.2 Å². The summed E-state index contributed by atoms with van der Waals surface area (Å²) in [6.45, 7) is 3.11. The first kappa shape index (κ1) is 12.8. The predicted molar refractivity (Wildman–Crippen MR) is 76.7 cm³/mol. The molecular formula is C15H17N3O2. The fraction of sp³-hybridized carbons (Fsp3) is 0.400. The largest absolute Gasteiger partial charge is 0.481 e. The molecule has 3 rings (SSSR count). The molecule has 0 saturated carbocycles. The van der Waals surface area contributed by atoms with Gasteiger partial charge in [0.1, 0.15) is 0 Å². The molecule has 0 radical (unpaired) electrons.